The lowest BCUT2D eigenvalue weighted by Crippen LogP contribution is -2.08. The van der Waals surface area contributed by atoms with Crippen LogP contribution in [0.5, 0.6) is 5.75 Å². The van der Waals surface area contributed by atoms with E-state index in [1.807, 2.05) is 0 Å². The van der Waals surface area contributed by atoms with Crippen molar-refractivity contribution in [3.8, 4) is 5.75 Å². The smallest absolute Gasteiger partial charge is 0.122 e. The summed E-state index contributed by atoms with van der Waals surface area (Å²) >= 11 is 6.16. The van der Waals surface area contributed by atoms with Gasteiger partial charge in [-0.3, -0.25) is 0 Å². The topological polar surface area (TPSA) is 9.23 Å². The molecule has 3 heteroatoms. The highest BCUT2D eigenvalue weighted by molar-refractivity contribution is 14.1. The molecule has 0 amide bonds. The van der Waals surface area contributed by atoms with E-state index in [9.17, 15) is 0 Å². The molecular formula is C16H14BrIO. The van der Waals surface area contributed by atoms with E-state index in [1.165, 1.54) is 20.3 Å². The van der Waals surface area contributed by atoms with Gasteiger partial charge in [-0.1, -0.05) is 40.2 Å². The van der Waals surface area contributed by atoms with Crippen molar-refractivity contribution in [2.75, 3.05) is 6.61 Å². The Morgan fingerprint density at radius 2 is 1.95 bits per heavy atom. The first kappa shape index (κ1) is 13.4. The molecule has 98 valence electrons. The van der Waals surface area contributed by atoms with Gasteiger partial charge in [-0.2, -0.15) is 0 Å². The van der Waals surface area contributed by atoms with Crippen molar-refractivity contribution in [1.29, 1.82) is 0 Å². The van der Waals surface area contributed by atoms with E-state index in [0.717, 1.165) is 25.2 Å². The zero-order valence-corrected chi connectivity index (χ0v) is 14.1. The first-order valence-electron chi connectivity index (χ1n) is 6.39. The zero-order valence-electron chi connectivity index (χ0n) is 10.4. The van der Waals surface area contributed by atoms with Crippen molar-refractivity contribution in [3.63, 3.8) is 0 Å². The largest absolute Gasteiger partial charge is 0.493 e. The summed E-state index contributed by atoms with van der Waals surface area (Å²) < 4.78 is 6.93. The highest BCUT2D eigenvalue weighted by atomic mass is 127. The number of hydrogen-bond donors (Lipinski definition) is 0. The summed E-state index contributed by atoms with van der Waals surface area (Å²) in [5.74, 6) is 1.05. The highest BCUT2D eigenvalue weighted by Gasteiger charge is 2.15. The third-order valence-corrected chi connectivity index (χ3v) is 5.09. The number of aryl methyl sites for hydroxylation is 1. The molecule has 0 aliphatic carbocycles. The van der Waals surface area contributed by atoms with Gasteiger partial charge in [-0.25, -0.2) is 0 Å². The first-order chi connectivity index (χ1) is 9.24. The Balaban J connectivity index is 1.93. The van der Waals surface area contributed by atoms with Crippen molar-refractivity contribution >= 4 is 38.5 Å². The molecule has 0 fully saturated rings. The molecule has 1 nitrogen and oxygen atoms in total. The summed E-state index contributed by atoms with van der Waals surface area (Å²) in [6.07, 6.45) is 2.24. The molecule has 2 aromatic rings. The molecule has 0 N–H and O–H groups in total. The molecule has 0 saturated carbocycles. The van der Waals surface area contributed by atoms with Crippen LogP contribution in [0.1, 0.15) is 27.9 Å². The average molecular weight is 429 g/mol. The fourth-order valence-electron chi connectivity index (χ4n) is 2.39. The monoisotopic (exact) mass is 428 g/mol. The van der Waals surface area contributed by atoms with Gasteiger partial charge in [-0.05, 0) is 70.3 Å². The van der Waals surface area contributed by atoms with E-state index >= 15 is 0 Å². The van der Waals surface area contributed by atoms with Crippen LogP contribution in [0.3, 0.4) is 0 Å². The Hall–Kier alpha value is -0.550. The second kappa shape index (κ2) is 5.83. The van der Waals surface area contributed by atoms with E-state index in [2.05, 4.69) is 81.0 Å². The number of halogens is 2. The van der Waals surface area contributed by atoms with Crippen LogP contribution in [0.25, 0.3) is 0 Å². The number of alkyl halides is 1. The Kier molecular flexibility index (Phi) is 4.12. The summed E-state index contributed by atoms with van der Waals surface area (Å²) in [6.45, 7) is 0.848. The van der Waals surface area contributed by atoms with E-state index in [0.29, 0.717) is 0 Å². The lowest BCUT2D eigenvalue weighted by Gasteiger charge is -2.19. The maximum Gasteiger partial charge on any atom is 0.122 e. The molecule has 3 rings (SSSR count). The van der Waals surface area contributed by atoms with Crippen LogP contribution in [-0.4, -0.2) is 6.61 Å². The Morgan fingerprint density at radius 3 is 2.79 bits per heavy atom. The second-order valence-corrected chi connectivity index (χ2v) is 6.90. The van der Waals surface area contributed by atoms with Gasteiger partial charge in [0.05, 0.1) is 11.4 Å². The average Bonchev–Trinajstić information content (AvgIpc) is 2.46. The molecule has 0 radical (unpaired) electrons. The van der Waals surface area contributed by atoms with Gasteiger partial charge in [0.1, 0.15) is 5.75 Å². The number of ether oxygens (including phenoxy) is 1. The van der Waals surface area contributed by atoms with Crippen LogP contribution in [0.2, 0.25) is 0 Å². The van der Waals surface area contributed by atoms with Gasteiger partial charge in [-0.15, -0.1) is 0 Å². The summed E-state index contributed by atoms with van der Waals surface area (Å²) in [5, 5.41) is 0. The van der Waals surface area contributed by atoms with E-state index in [1.54, 1.807) is 0 Å². The predicted molar refractivity (Wildman–Crippen MR) is 90.2 cm³/mol. The molecule has 0 spiro atoms. The summed E-state index contributed by atoms with van der Waals surface area (Å²) in [7, 11) is 0. The number of rotatable bonds is 2. The normalized spacial score (nSPS) is 15.5. The standard InChI is InChI=1S/C16H14BrIO/c17-16(12-3-1-5-14(18)10-12)13-6-7-15-11(9-13)4-2-8-19-15/h1,3,5-7,9-10,16H,2,4,8H2. The molecule has 0 bridgehead atoms. The minimum absolute atomic E-state index is 0.245. The summed E-state index contributed by atoms with van der Waals surface area (Å²) in [5.41, 5.74) is 3.92. The van der Waals surface area contributed by atoms with Crippen LogP contribution >= 0.6 is 38.5 Å². The number of fused-ring (bicyclic) bond motifs is 1. The highest BCUT2D eigenvalue weighted by Crippen LogP contribution is 2.35. The van der Waals surface area contributed by atoms with Gasteiger partial charge >= 0.3 is 0 Å². The summed E-state index contributed by atoms with van der Waals surface area (Å²) in [4.78, 5) is 0.245. The molecule has 2 aromatic carbocycles. The van der Waals surface area contributed by atoms with Crippen LogP contribution in [-0.2, 0) is 6.42 Å². The van der Waals surface area contributed by atoms with Crippen LogP contribution in [0.4, 0.5) is 0 Å². The molecule has 0 saturated heterocycles. The molecule has 0 aromatic heterocycles. The SMILES string of the molecule is BrC(c1cccc(I)c1)c1ccc2c(c1)CCCO2. The van der Waals surface area contributed by atoms with Gasteiger partial charge in [0.15, 0.2) is 0 Å². The predicted octanol–water partition coefficient (Wildman–Crippen LogP) is 5.10. The van der Waals surface area contributed by atoms with Gasteiger partial charge < -0.3 is 4.74 Å². The van der Waals surface area contributed by atoms with E-state index < -0.39 is 0 Å². The summed E-state index contributed by atoms with van der Waals surface area (Å²) in [6, 6.07) is 15.1. The lowest BCUT2D eigenvalue weighted by molar-refractivity contribution is 0.288. The second-order valence-electron chi connectivity index (χ2n) is 4.74. The zero-order chi connectivity index (χ0) is 13.2. The van der Waals surface area contributed by atoms with Crippen molar-refractivity contribution in [2.24, 2.45) is 0 Å². The Labute approximate surface area is 135 Å². The van der Waals surface area contributed by atoms with Gasteiger partial charge in [0, 0.05) is 3.57 Å². The third kappa shape index (κ3) is 2.97. The Bertz CT molecular complexity index is 597. The van der Waals surface area contributed by atoms with E-state index in [-0.39, 0.29) is 4.83 Å². The number of benzene rings is 2. The molecule has 1 aliphatic rings. The molecular weight excluding hydrogens is 415 g/mol. The minimum atomic E-state index is 0.245. The Morgan fingerprint density at radius 1 is 1.11 bits per heavy atom. The van der Waals surface area contributed by atoms with Gasteiger partial charge in [0.25, 0.3) is 0 Å². The number of hydrogen-bond acceptors (Lipinski definition) is 1. The fourth-order valence-corrected chi connectivity index (χ4v) is 3.53. The first-order valence-corrected chi connectivity index (χ1v) is 8.38. The van der Waals surface area contributed by atoms with Crippen molar-refractivity contribution in [1.82, 2.24) is 0 Å². The molecule has 19 heavy (non-hydrogen) atoms. The van der Waals surface area contributed by atoms with Crippen molar-refractivity contribution in [2.45, 2.75) is 17.7 Å². The van der Waals surface area contributed by atoms with E-state index in [4.69, 9.17) is 4.74 Å². The van der Waals surface area contributed by atoms with Gasteiger partial charge in [0.2, 0.25) is 0 Å². The molecule has 1 atom stereocenters. The van der Waals surface area contributed by atoms with Crippen LogP contribution in [0.15, 0.2) is 42.5 Å². The maximum atomic E-state index is 5.67. The van der Waals surface area contributed by atoms with Crippen molar-refractivity contribution in [3.05, 3.63) is 62.7 Å². The molecule has 1 heterocycles. The minimum Gasteiger partial charge on any atom is -0.493 e. The quantitative estimate of drug-likeness (QED) is 0.477. The van der Waals surface area contributed by atoms with Crippen LogP contribution < -0.4 is 4.74 Å². The fraction of sp³-hybridized carbons (Fsp3) is 0.250. The van der Waals surface area contributed by atoms with Crippen LogP contribution in [0, 0.1) is 3.57 Å². The van der Waals surface area contributed by atoms with Crippen molar-refractivity contribution < 1.29 is 4.74 Å². The molecule has 1 aliphatic heterocycles. The third-order valence-electron chi connectivity index (χ3n) is 3.37. The lowest BCUT2D eigenvalue weighted by atomic mass is 9.99. The maximum absolute atomic E-state index is 5.67. The molecule has 1 unspecified atom stereocenters.